The second-order valence-corrected chi connectivity index (χ2v) is 6.47. The lowest BCUT2D eigenvalue weighted by molar-refractivity contribution is 0.101. The van der Waals surface area contributed by atoms with E-state index in [4.69, 9.17) is 4.98 Å². The third-order valence-corrected chi connectivity index (χ3v) is 4.70. The van der Waals surface area contributed by atoms with Gasteiger partial charge in [0, 0.05) is 10.3 Å². The van der Waals surface area contributed by atoms with Gasteiger partial charge in [0.1, 0.15) is 5.03 Å². The summed E-state index contributed by atoms with van der Waals surface area (Å²) >= 11 is 1.55. The van der Waals surface area contributed by atoms with E-state index < -0.39 is 0 Å². The largest absolute Gasteiger partial charge is 0.294 e. The van der Waals surface area contributed by atoms with Crippen LogP contribution in [0.3, 0.4) is 0 Å². The first-order chi connectivity index (χ1) is 10.6. The Morgan fingerprint density at radius 3 is 2.36 bits per heavy atom. The molecule has 0 bridgehead atoms. The number of fused-ring (bicyclic) bond motifs is 1. The molecule has 0 aliphatic rings. The lowest BCUT2D eigenvalue weighted by Crippen LogP contribution is -2.02. The number of carbonyl (C=O) groups excluding carboxylic acids is 1. The van der Waals surface area contributed by atoms with E-state index in [0.29, 0.717) is 0 Å². The number of hydrogen-bond donors (Lipinski definition) is 0. The molecule has 0 aliphatic heterocycles. The minimum Gasteiger partial charge on any atom is -0.294 e. The number of rotatable bonds is 3. The highest BCUT2D eigenvalue weighted by atomic mass is 32.2. The van der Waals surface area contributed by atoms with Crippen LogP contribution in [0.1, 0.15) is 28.4 Å². The molecule has 3 heteroatoms. The third-order valence-electron chi connectivity index (χ3n) is 3.71. The maximum atomic E-state index is 12.1. The summed E-state index contributed by atoms with van der Waals surface area (Å²) in [5.41, 5.74) is 3.88. The SMILES string of the molecule is CC(=O)c1c(Sc2ccc(C)cc2)nc2ccccc2c1C. The molecule has 0 atom stereocenters. The molecular formula is C19H17NOS. The van der Waals surface area contributed by atoms with Gasteiger partial charge in [0.25, 0.3) is 0 Å². The molecule has 0 saturated carbocycles. The number of benzene rings is 2. The van der Waals surface area contributed by atoms with Gasteiger partial charge in [-0.15, -0.1) is 0 Å². The number of para-hydroxylation sites is 1. The summed E-state index contributed by atoms with van der Waals surface area (Å²) in [5.74, 6) is 0.0605. The molecule has 3 rings (SSSR count). The number of Topliss-reactive ketones (excluding diaryl/α,β-unsaturated/α-hetero) is 1. The van der Waals surface area contributed by atoms with Crippen LogP contribution in [0.5, 0.6) is 0 Å². The molecule has 0 unspecified atom stereocenters. The second kappa shape index (κ2) is 5.93. The number of hydrogen-bond acceptors (Lipinski definition) is 3. The van der Waals surface area contributed by atoms with Gasteiger partial charge in [-0.05, 0) is 44.5 Å². The zero-order valence-corrected chi connectivity index (χ0v) is 13.7. The van der Waals surface area contributed by atoms with Crippen LogP contribution in [0.2, 0.25) is 0 Å². The molecule has 0 spiro atoms. The number of nitrogens with zero attached hydrogens (tertiary/aromatic N) is 1. The maximum Gasteiger partial charge on any atom is 0.162 e. The minimum atomic E-state index is 0.0605. The predicted octanol–water partition coefficient (Wildman–Crippen LogP) is 5.21. The summed E-state index contributed by atoms with van der Waals surface area (Å²) < 4.78 is 0. The Kier molecular flexibility index (Phi) is 3.99. The molecule has 3 aromatic rings. The van der Waals surface area contributed by atoms with E-state index >= 15 is 0 Å². The lowest BCUT2D eigenvalue weighted by atomic mass is 10.0. The molecule has 22 heavy (non-hydrogen) atoms. The van der Waals surface area contributed by atoms with Gasteiger partial charge in [-0.2, -0.15) is 0 Å². The van der Waals surface area contributed by atoms with Gasteiger partial charge in [0.15, 0.2) is 5.78 Å². The molecule has 0 fully saturated rings. The topological polar surface area (TPSA) is 30.0 Å². The van der Waals surface area contributed by atoms with Crippen molar-refractivity contribution in [3.8, 4) is 0 Å². The molecule has 0 amide bonds. The summed E-state index contributed by atoms with van der Waals surface area (Å²) in [7, 11) is 0. The number of ketones is 1. The zero-order chi connectivity index (χ0) is 15.7. The first kappa shape index (κ1) is 14.8. The van der Waals surface area contributed by atoms with Crippen molar-refractivity contribution in [2.75, 3.05) is 0 Å². The first-order valence-electron chi connectivity index (χ1n) is 7.21. The van der Waals surface area contributed by atoms with Gasteiger partial charge < -0.3 is 0 Å². The number of pyridine rings is 1. The Bertz CT molecular complexity index is 853. The van der Waals surface area contributed by atoms with E-state index in [2.05, 4.69) is 31.2 Å². The first-order valence-corrected chi connectivity index (χ1v) is 8.02. The summed E-state index contributed by atoms with van der Waals surface area (Å²) in [6.07, 6.45) is 0. The van der Waals surface area contributed by atoms with Crippen LogP contribution in [-0.4, -0.2) is 10.8 Å². The van der Waals surface area contributed by atoms with Crippen LogP contribution < -0.4 is 0 Å². The molecule has 2 aromatic carbocycles. The van der Waals surface area contributed by atoms with Crippen LogP contribution in [0, 0.1) is 13.8 Å². The standard InChI is InChI=1S/C19H17NOS/c1-12-8-10-15(11-9-12)22-19-18(14(3)21)13(2)16-6-4-5-7-17(16)20-19/h4-11H,1-3H3. The van der Waals surface area contributed by atoms with E-state index in [9.17, 15) is 4.79 Å². The highest BCUT2D eigenvalue weighted by molar-refractivity contribution is 7.99. The molecule has 0 radical (unpaired) electrons. The number of carbonyl (C=O) groups is 1. The van der Waals surface area contributed by atoms with E-state index in [0.717, 1.165) is 32.0 Å². The van der Waals surface area contributed by atoms with Gasteiger partial charge in [-0.25, -0.2) is 4.98 Å². The summed E-state index contributed by atoms with van der Waals surface area (Å²) in [5, 5.41) is 1.83. The van der Waals surface area contributed by atoms with Crippen molar-refractivity contribution < 1.29 is 4.79 Å². The lowest BCUT2D eigenvalue weighted by Gasteiger charge is -2.12. The quantitative estimate of drug-likeness (QED) is 0.622. The average molecular weight is 307 g/mol. The molecular weight excluding hydrogens is 290 g/mol. The summed E-state index contributed by atoms with van der Waals surface area (Å²) in [4.78, 5) is 17.9. The van der Waals surface area contributed by atoms with Crippen LogP contribution in [0.15, 0.2) is 58.5 Å². The number of aryl methyl sites for hydroxylation is 2. The molecule has 0 saturated heterocycles. The Balaban J connectivity index is 2.16. The Labute approximate surface area is 134 Å². The fraction of sp³-hybridized carbons (Fsp3) is 0.158. The molecule has 0 aliphatic carbocycles. The minimum absolute atomic E-state index is 0.0605. The smallest absolute Gasteiger partial charge is 0.162 e. The highest BCUT2D eigenvalue weighted by Crippen LogP contribution is 2.33. The van der Waals surface area contributed by atoms with Crippen molar-refractivity contribution >= 4 is 28.4 Å². The third kappa shape index (κ3) is 2.77. The summed E-state index contributed by atoms with van der Waals surface area (Å²) in [6.45, 7) is 5.67. The van der Waals surface area contributed by atoms with Crippen molar-refractivity contribution in [2.24, 2.45) is 0 Å². The average Bonchev–Trinajstić information content (AvgIpc) is 2.49. The van der Waals surface area contributed by atoms with E-state index in [-0.39, 0.29) is 5.78 Å². The van der Waals surface area contributed by atoms with Crippen LogP contribution in [0.25, 0.3) is 10.9 Å². The van der Waals surface area contributed by atoms with Gasteiger partial charge in [-0.1, -0.05) is 47.7 Å². The van der Waals surface area contributed by atoms with Crippen molar-refractivity contribution in [1.29, 1.82) is 0 Å². The monoisotopic (exact) mass is 307 g/mol. The van der Waals surface area contributed by atoms with Crippen LogP contribution >= 0.6 is 11.8 Å². The van der Waals surface area contributed by atoms with Crippen LogP contribution in [-0.2, 0) is 0 Å². The van der Waals surface area contributed by atoms with Crippen molar-refractivity contribution in [3.05, 3.63) is 65.2 Å². The molecule has 1 heterocycles. The van der Waals surface area contributed by atoms with E-state index in [1.165, 1.54) is 5.56 Å². The van der Waals surface area contributed by atoms with Crippen molar-refractivity contribution in [2.45, 2.75) is 30.7 Å². The molecule has 110 valence electrons. The van der Waals surface area contributed by atoms with E-state index in [1.54, 1.807) is 18.7 Å². The zero-order valence-electron chi connectivity index (χ0n) is 12.9. The van der Waals surface area contributed by atoms with Crippen molar-refractivity contribution in [3.63, 3.8) is 0 Å². The molecule has 1 aromatic heterocycles. The normalized spacial score (nSPS) is 10.9. The Morgan fingerprint density at radius 2 is 1.68 bits per heavy atom. The van der Waals surface area contributed by atoms with Gasteiger partial charge in [-0.3, -0.25) is 4.79 Å². The van der Waals surface area contributed by atoms with Crippen LogP contribution in [0.4, 0.5) is 0 Å². The number of aromatic nitrogens is 1. The highest BCUT2D eigenvalue weighted by Gasteiger charge is 2.16. The van der Waals surface area contributed by atoms with Gasteiger partial charge >= 0.3 is 0 Å². The summed E-state index contributed by atoms with van der Waals surface area (Å²) in [6, 6.07) is 16.2. The fourth-order valence-corrected chi connectivity index (χ4v) is 3.59. The fourth-order valence-electron chi connectivity index (χ4n) is 2.56. The predicted molar refractivity (Wildman–Crippen MR) is 91.8 cm³/mol. The Morgan fingerprint density at radius 1 is 1.00 bits per heavy atom. The van der Waals surface area contributed by atoms with E-state index in [1.807, 2.05) is 31.2 Å². The molecule has 2 nitrogen and oxygen atoms in total. The van der Waals surface area contributed by atoms with Gasteiger partial charge in [0.05, 0.1) is 11.1 Å². The van der Waals surface area contributed by atoms with Gasteiger partial charge in [0.2, 0.25) is 0 Å². The second-order valence-electron chi connectivity index (χ2n) is 5.41. The maximum absolute atomic E-state index is 12.1. The molecule has 0 N–H and O–H groups in total. The Hall–Kier alpha value is -2.13. The van der Waals surface area contributed by atoms with Crippen molar-refractivity contribution in [1.82, 2.24) is 4.98 Å².